The van der Waals surface area contributed by atoms with Gasteiger partial charge >= 0.3 is 0 Å². The van der Waals surface area contributed by atoms with Crippen molar-refractivity contribution in [1.82, 2.24) is 0 Å². The zero-order valence-corrected chi connectivity index (χ0v) is 32.7. The molecule has 2 nitrogen and oxygen atoms in total. The Morgan fingerprint density at radius 3 is 1.37 bits per heavy atom. The first-order chi connectivity index (χ1) is 28.2. The van der Waals surface area contributed by atoms with Crippen molar-refractivity contribution in [2.75, 3.05) is 9.80 Å². The Kier molecular flexibility index (Phi) is 7.22. The molecule has 0 fully saturated rings. The fraction of sp³-hybridized carbons (Fsp3) is 0.0189. The van der Waals surface area contributed by atoms with Gasteiger partial charge in [-0.3, -0.25) is 0 Å². The minimum Gasteiger partial charge on any atom is -0.308 e. The summed E-state index contributed by atoms with van der Waals surface area (Å²) in [6, 6.07) is 69.5. The van der Waals surface area contributed by atoms with Gasteiger partial charge in [-0.05, 0) is 94.7 Å². The van der Waals surface area contributed by atoms with E-state index in [1.165, 1.54) is 101 Å². The number of rotatable bonds is 6. The van der Waals surface area contributed by atoms with E-state index >= 15 is 0 Å². The molecular weight excluding hydrogens is 729 g/mol. The van der Waals surface area contributed by atoms with E-state index in [4.69, 9.17) is 0 Å². The van der Waals surface area contributed by atoms with Gasteiger partial charge < -0.3 is 9.80 Å². The van der Waals surface area contributed by atoms with Crippen molar-refractivity contribution in [1.29, 1.82) is 0 Å². The van der Waals surface area contributed by atoms with Gasteiger partial charge in [0.1, 0.15) is 0 Å². The third kappa shape index (κ3) is 4.94. The molecule has 0 aliphatic heterocycles. The summed E-state index contributed by atoms with van der Waals surface area (Å²) < 4.78 is 5.21. The van der Waals surface area contributed by atoms with E-state index in [0.717, 1.165) is 11.4 Å². The lowest BCUT2D eigenvalue weighted by molar-refractivity contribution is 1.32. The summed E-state index contributed by atoms with van der Waals surface area (Å²) in [6.45, 7) is 2.18. The Morgan fingerprint density at radius 2 is 0.789 bits per heavy atom. The zero-order chi connectivity index (χ0) is 37.6. The number of aryl methyl sites for hydroxylation is 1. The normalized spacial score (nSPS) is 11.9. The minimum absolute atomic E-state index is 1.14. The molecule has 10 aromatic carbocycles. The first-order valence-corrected chi connectivity index (χ1v) is 21.1. The van der Waals surface area contributed by atoms with Crippen LogP contribution in [0.2, 0.25) is 0 Å². The number of hydrogen-bond acceptors (Lipinski definition) is 4. The van der Waals surface area contributed by atoms with Crippen LogP contribution in [-0.4, -0.2) is 0 Å². The molecule has 0 radical (unpaired) electrons. The molecule has 0 saturated carbocycles. The maximum absolute atomic E-state index is 2.48. The van der Waals surface area contributed by atoms with Gasteiger partial charge in [0.15, 0.2) is 0 Å². The van der Waals surface area contributed by atoms with Crippen LogP contribution >= 0.6 is 22.7 Å². The van der Waals surface area contributed by atoms with Gasteiger partial charge in [-0.1, -0.05) is 127 Å². The van der Waals surface area contributed by atoms with Crippen molar-refractivity contribution in [2.45, 2.75) is 6.92 Å². The van der Waals surface area contributed by atoms with Gasteiger partial charge in [0.2, 0.25) is 0 Å². The number of hydrogen-bond donors (Lipinski definition) is 0. The van der Waals surface area contributed by atoms with Crippen molar-refractivity contribution in [3.05, 3.63) is 194 Å². The Hall–Kier alpha value is -6.72. The third-order valence-electron chi connectivity index (χ3n) is 11.6. The van der Waals surface area contributed by atoms with E-state index in [1.54, 1.807) is 0 Å². The number of para-hydroxylation sites is 2. The van der Waals surface area contributed by atoms with Gasteiger partial charge in [0, 0.05) is 53.1 Å². The zero-order valence-electron chi connectivity index (χ0n) is 31.1. The summed E-state index contributed by atoms with van der Waals surface area (Å²) >= 11 is 3.77. The standard InChI is InChI=1S/C53H34N2S2/c1-33-22-27-39-41-18-11-20-47(53(41)57-49(39)32-33)55(37-14-6-3-7-15-37)45-31-26-35-23-28-42-44(30-25-34-24-29-43(45)51(35)50(34)42)54(36-12-4-2-5-13-36)46-19-10-17-40-38-16-8-9-21-48(38)56-52(40)46/h2-32H,1H3. The fourth-order valence-electron chi connectivity index (χ4n) is 9.11. The Morgan fingerprint density at radius 1 is 0.333 bits per heavy atom. The van der Waals surface area contributed by atoms with E-state index in [9.17, 15) is 0 Å². The van der Waals surface area contributed by atoms with Crippen LogP contribution in [0.5, 0.6) is 0 Å². The fourth-order valence-corrected chi connectivity index (χ4v) is 11.6. The quantitative estimate of drug-likeness (QED) is 0.156. The van der Waals surface area contributed by atoms with E-state index in [0.29, 0.717) is 0 Å². The third-order valence-corrected chi connectivity index (χ3v) is 14.0. The predicted molar refractivity (Wildman–Crippen MR) is 250 cm³/mol. The van der Waals surface area contributed by atoms with Gasteiger partial charge in [-0.15, -0.1) is 22.7 Å². The van der Waals surface area contributed by atoms with E-state index < -0.39 is 0 Å². The number of benzene rings is 10. The van der Waals surface area contributed by atoms with Crippen LogP contribution in [0.25, 0.3) is 72.7 Å². The Labute approximate surface area is 338 Å². The van der Waals surface area contributed by atoms with Gasteiger partial charge in [0.25, 0.3) is 0 Å². The van der Waals surface area contributed by atoms with Crippen molar-refractivity contribution < 1.29 is 0 Å². The van der Waals surface area contributed by atoms with Crippen LogP contribution in [0.15, 0.2) is 188 Å². The molecule has 0 saturated heterocycles. The van der Waals surface area contributed by atoms with Gasteiger partial charge in [-0.25, -0.2) is 0 Å². The summed E-state index contributed by atoms with van der Waals surface area (Å²) in [4.78, 5) is 4.96. The van der Waals surface area contributed by atoms with Crippen LogP contribution in [0.3, 0.4) is 0 Å². The van der Waals surface area contributed by atoms with E-state index in [2.05, 4.69) is 205 Å². The Bertz CT molecular complexity index is 3490. The maximum Gasteiger partial charge on any atom is 0.0640 e. The average molecular weight is 763 g/mol. The van der Waals surface area contributed by atoms with E-state index in [-0.39, 0.29) is 0 Å². The lowest BCUT2D eigenvalue weighted by Crippen LogP contribution is -2.11. The van der Waals surface area contributed by atoms with E-state index in [1.807, 2.05) is 22.7 Å². The highest BCUT2D eigenvalue weighted by Crippen LogP contribution is 2.51. The molecule has 2 aromatic heterocycles. The second kappa shape index (κ2) is 12.7. The maximum atomic E-state index is 2.48. The van der Waals surface area contributed by atoms with Crippen LogP contribution in [0.1, 0.15) is 5.56 Å². The van der Waals surface area contributed by atoms with Gasteiger partial charge in [-0.2, -0.15) is 0 Å². The smallest absolute Gasteiger partial charge is 0.0640 e. The molecule has 0 amide bonds. The topological polar surface area (TPSA) is 6.48 Å². The second-order valence-corrected chi connectivity index (χ2v) is 17.0. The predicted octanol–water partition coefficient (Wildman–Crippen LogP) is 16.6. The molecule has 12 rings (SSSR count). The molecule has 268 valence electrons. The molecule has 0 aliphatic rings. The number of fused-ring (bicyclic) bond motifs is 6. The molecule has 0 bridgehead atoms. The van der Waals surface area contributed by atoms with Crippen LogP contribution in [-0.2, 0) is 0 Å². The monoisotopic (exact) mass is 762 g/mol. The molecule has 12 aromatic rings. The first kappa shape index (κ1) is 32.5. The van der Waals surface area contributed by atoms with Crippen molar-refractivity contribution in [2.24, 2.45) is 0 Å². The molecule has 0 aliphatic carbocycles. The summed E-state index contributed by atoms with van der Waals surface area (Å²) in [5, 5.41) is 12.7. The number of thiophene rings is 2. The lowest BCUT2D eigenvalue weighted by atomic mass is 9.91. The number of nitrogens with zero attached hydrogens (tertiary/aromatic N) is 2. The molecule has 4 heteroatoms. The van der Waals surface area contributed by atoms with Crippen molar-refractivity contribution in [3.8, 4) is 0 Å². The summed E-state index contributed by atoms with van der Waals surface area (Å²) in [6.07, 6.45) is 0. The molecule has 0 spiro atoms. The second-order valence-electron chi connectivity index (χ2n) is 14.9. The molecular formula is C53H34N2S2. The van der Waals surface area contributed by atoms with Crippen molar-refractivity contribution >= 4 is 129 Å². The SMILES string of the molecule is Cc1ccc2c(c1)sc1c(N(c3ccccc3)c3ccc4ccc5c(N(c6ccccc6)c6cccc7c6sc6ccccc67)ccc6ccc3c4c65)cccc12. The molecule has 0 atom stereocenters. The highest BCUT2D eigenvalue weighted by Gasteiger charge is 2.24. The van der Waals surface area contributed by atoms with Crippen LogP contribution < -0.4 is 9.80 Å². The first-order valence-electron chi connectivity index (χ1n) is 19.4. The van der Waals surface area contributed by atoms with Crippen molar-refractivity contribution in [3.63, 3.8) is 0 Å². The highest BCUT2D eigenvalue weighted by atomic mass is 32.1. The lowest BCUT2D eigenvalue weighted by Gasteiger charge is -2.29. The average Bonchev–Trinajstić information content (AvgIpc) is 3.83. The molecule has 0 N–H and O–H groups in total. The summed E-state index contributed by atoms with van der Waals surface area (Å²) in [7, 11) is 0. The molecule has 0 unspecified atom stereocenters. The minimum atomic E-state index is 1.14. The van der Waals surface area contributed by atoms with Crippen LogP contribution in [0, 0.1) is 6.92 Å². The number of anilines is 6. The van der Waals surface area contributed by atoms with Gasteiger partial charge in [0.05, 0.1) is 32.1 Å². The largest absolute Gasteiger partial charge is 0.308 e. The highest BCUT2D eigenvalue weighted by molar-refractivity contribution is 7.26. The molecule has 57 heavy (non-hydrogen) atoms. The summed E-state index contributed by atoms with van der Waals surface area (Å²) in [5.74, 6) is 0. The van der Waals surface area contributed by atoms with Crippen LogP contribution in [0.4, 0.5) is 34.1 Å². The molecule has 2 heterocycles. The Balaban J connectivity index is 1.13. The summed E-state index contributed by atoms with van der Waals surface area (Å²) in [5.41, 5.74) is 8.29.